The molecular formula is C12H24N4. The average molecular weight is 224 g/mol. The molecule has 0 radical (unpaired) electrons. The third kappa shape index (κ3) is 3.52. The summed E-state index contributed by atoms with van der Waals surface area (Å²) >= 11 is 0. The van der Waals surface area contributed by atoms with E-state index >= 15 is 0 Å². The Kier molecular flexibility index (Phi) is 4.35. The van der Waals surface area contributed by atoms with Crippen LogP contribution in [-0.2, 0) is 0 Å². The zero-order chi connectivity index (χ0) is 12.3. The van der Waals surface area contributed by atoms with Crippen LogP contribution in [0.25, 0.3) is 0 Å². The smallest absolute Gasteiger partial charge is 0.200 e. The van der Waals surface area contributed by atoms with Crippen LogP contribution in [0.4, 0.5) is 5.95 Å². The van der Waals surface area contributed by atoms with Gasteiger partial charge in [0, 0.05) is 18.8 Å². The fourth-order valence-electron chi connectivity index (χ4n) is 2.07. The fraction of sp³-hybridized carbons (Fsp3) is 0.750. The monoisotopic (exact) mass is 224 g/mol. The molecule has 1 aromatic heterocycles. The molecule has 92 valence electrons. The van der Waals surface area contributed by atoms with Crippen LogP contribution in [-0.4, -0.2) is 35.1 Å². The van der Waals surface area contributed by atoms with Crippen LogP contribution >= 0.6 is 0 Å². The lowest BCUT2D eigenvalue weighted by Crippen LogP contribution is -2.26. The van der Waals surface area contributed by atoms with Crippen molar-refractivity contribution in [2.24, 2.45) is 5.92 Å². The Labute approximate surface area is 98.5 Å². The van der Waals surface area contributed by atoms with E-state index in [0.29, 0.717) is 17.9 Å². The molecule has 0 aliphatic carbocycles. The minimum absolute atomic E-state index is 0.413. The van der Waals surface area contributed by atoms with Gasteiger partial charge in [-0.2, -0.15) is 0 Å². The maximum absolute atomic E-state index is 5.93. The van der Waals surface area contributed by atoms with Gasteiger partial charge in [0.2, 0.25) is 5.95 Å². The minimum atomic E-state index is 0.413. The summed E-state index contributed by atoms with van der Waals surface area (Å²) in [7, 11) is 4.18. The predicted molar refractivity (Wildman–Crippen MR) is 68.4 cm³/mol. The second kappa shape index (κ2) is 5.34. The molecule has 1 aromatic rings. The highest BCUT2D eigenvalue weighted by atomic mass is 15.2. The SMILES string of the molecule is Cc1cn(C(CC(C)C)CN(C)C)c(N)n1. The highest BCUT2D eigenvalue weighted by Gasteiger charge is 2.16. The summed E-state index contributed by atoms with van der Waals surface area (Å²) in [5.74, 6) is 1.29. The van der Waals surface area contributed by atoms with E-state index in [2.05, 4.69) is 42.4 Å². The number of nitrogen functional groups attached to an aromatic ring is 1. The van der Waals surface area contributed by atoms with Crippen LogP contribution in [0.2, 0.25) is 0 Å². The van der Waals surface area contributed by atoms with Gasteiger partial charge in [-0.1, -0.05) is 13.8 Å². The normalized spacial score (nSPS) is 13.7. The number of likely N-dealkylation sites (N-methyl/N-ethyl adjacent to an activating group) is 1. The molecule has 16 heavy (non-hydrogen) atoms. The summed E-state index contributed by atoms with van der Waals surface area (Å²) in [4.78, 5) is 6.47. The molecule has 0 fully saturated rings. The van der Waals surface area contributed by atoms with E-state index in [0.717, 1.165) is 18.7 Å². The number of anilines is 1. The van der Waals surface area contributed by atoms with Gasteiger partial charge in [0.1, 0.15) is 0 Å². The molecule has 1 heterocycles. The lowest BCUT2D eigenvalue weighted by atomic mass is 10.0. The Balaban J connectivity index is 2.86. The third-order valence-electron chi connectivity index (χ3n) is 2.59. The first-order chi connectivity index (χ1) is 7.40. The summed E-state index contributed by atoms with van der Waals surface area (Å²) in [5.41, 5.74) is 6.92. The van der Waals surface area contributed by atoms with Crippen molar-refractivity contribution in [3.63, 3.8) is 0 Å². The first-order valence-corrected chi connectivity index (χ1v) is 5.85. The molecule has 1 rings (SSSR count). The molecule has 2 N–H and O–H groups in total. The molecule has 0 amide bonds. The Bertz CT molecular complexity index is 318. The molecule has 4 nitrogen and oxygen atoms in total. The highest BCUT2D eigenvalue weighted by Crippen LogP contribution is 2.21. The second-order valence-corrected chi connectivity index (χ2v) is 5.19. The summed E-state index contributed by atoms with van der Waals surface area (Å²) in [6.45, 7) is 7.46. The number of imidazole rings is 1. The molecule has 0 bridgehead atoms. The van der Waals surface area contributed by atoms with Gasteiger partial charge in [-0.3, -0.25) is 0 Å². The fourth-order valence-corrected chi connectivity index (χ4v) is 2.07. The van der Waals surface area contributed by atoms with Gasteiger partial charge in [0.25, 0.3) is 0 Å². The Morgan fingerprint density at radius 1 is 1.44 bits per heavy atom. The molecule has 0 aliphatic heterocycles. The zero-order valence-corrected chi connectivity index (χ0v) is 11.1. The quantitative estimate of drug-likeness (QED) is 0.831. The Hall–Kier alpha value is -1.03. The van der Waals surface area contributed by atoms with Crippen LogP contribution in [0.15, 0.2) is 6.20 Å². The number of rotatable bonds is 5. The topological polar surface area (TPSA) is 47.1 Å². The molecule has 0 spiro atoms. The molecule has 0 saturated heterocycles. The van der Waals surface area contributed by atoms with Crippen molar-refractivity contribution in [2.45, 2.75) is 33.2 Å². The second-order valence-electron chi connectivity index (χ2n) is 5.19. The van der Waals surface area contributed by atoms with Crippen LogP contribution in [0.3, 0.4) is 0 Å². The van der Waals surface area contributed by atoms with E-state index in [9.17, 15) is 0 Å². The van der Waals surface area contributed by atoms with E-state index in [1.807, 2.05) is 13.1 Å². The van der Waals surface area contributed by atoms with E-state index in [-0.39, 0.29) is 0 Å². The van der Waals surface area contributed by atoms with Gasteiger partial charge in [-0.15, -0.1) is 0 Å². The van der Waals surface area contributed by atoms with E-state index in [4.69, 9.17) is 5.73 Å². The summed E-state index contributed by atoms with van der Waals surface area (Å²) in [5, 5.41) is 0. The number of nitrogens with zero attached hydrogens (tertiary/aromatic N) is 3. The molecule has 1 atom stereocenters. The van der Waals surface area contributed by atoms with Gasteiger partial charge in [0.05, 0.1) is 5.69 Å². The standard InChI is InChI=1S/C12H24N4/c1-9(2)6-11(8-15(4)5)16-7-10(3)14-12(16)13/h7,9,11H,6,8H2,1-5H3,(H2,13,14). The first kappa shape index (κ1) is 13.0. The number of nitrogens with two attached hydrogens (primary N) is 1. The van der Waals surface area contributed by atoms with Gasteiger partial charge in [0.15, 0.2) is 0 Å². The van der Waals surface area contributed by atoms with Crippen molar-refractivity contribution in [3.05, 3.63) is 11.9 Å². The number of aryl methyl sites for hydroxylation is 1. The zero-order valence-electron chi connectivity index (χ0n) is 11.1. The van der Waals surface area contributed by atoms with Crippen molar-refractivity contribution in [2.75, 3.05) is 26.4 Å². The summed E-state index contributed by atoms with van der Waals surface area (Å²) < 4.78 is 2.11. The lowest BCUT2D eigenvalue weighted by molar-refractivity contribution is 0.290. The molecule has 0 saturated carbocycles. The van der Waals surface area contributed by atoms with Crippen molar-refractivity contribution in [3.8, 4) is 0 Å². The van der Waals surface area contributed by atoms with Crippen LogP contribution in [0.1, 0.15) is 32.0 Å². The predicted octanol–water partition coefficient (Wildman–Crippen LogP) is 1.92. The van der Waals surface area contributed by atoms with Crippen LogP contribution in [0, 0.1) is 12.8 Å². The molecule has 1 unspecified atom stereocenters. The lowest BCUT2D eigenvalue weighted by Gasteiger charge is -2.24. The Morgan fingerprint density at radius 2 is 2.06 bits per heavy atom. The van der Waals surface area contributed by atoms with Gasteiger partial charge >= 0.3 is 0 Å². The maximum Gasteiger partial charge on any atom is 0.200 e. The van der Waals surface area contributed by atoms with E-state index < -0.39 is 0 Å². The van der Waals surface area contributed by atoms with Crippen molar-refractivity contribution < 1.29 is 0 Å². The number of aromatic nitrogens is 2. The minimum Gasteiger partial charge on any atom is -0.369 e. The largest absolute Gasteiger partial charge is 0.369 e. The number of hydrogen-bond acceptors (Lipinski definition) is 3. The van der Waals surface area contributed by atoms with Gasteiger partial charge in [-0.05, 0) is 33.4 Å². The van der Waals surface area contributed by atoms with Crippen molar-refractivity contribution in [1.29, 1.82) is 0 Å². The van der Waals surface area contributed by atoms with E-state index in [1.54, 1.807) is 0 Å². The van der Waals surface area contributed by atoms with Crippen molar-refractivity contribution in [1.82, 2.24) is 14.5 Å². The first-order valence-electron chi connectivity index (χ1n) is 5.85. The molecule has 4 heteroatoms. The highest BCUT2D eigenvalue weighted by molar-refractivity contribution is 5.22. The molecule has 0 aromatic carbocycles. The third-order valence-corrected chi connectivity index (χ3v) is 2.59. The summed E-state index contributed by atoms with van der Waals surface area (Å²) in [6.07, 6.45) is 3.17. The van der Waals surface area contributed by atoms with Gasteiger partial charge < -0.3 is 15.2 Å². The maximum atomic E-state index is 5.93. The van der Waals surface area contributed by atoms with Crippen LogP contribution < -0.4 is 5.73 Å². The Morgan fingerprint density at radius 3 is 2.44 bits per heavy atom. The van der Waals surface area contributed by atoms with Crippen LogP contribution in [0.5, 0.6) is 0 Å². The number of hydrogen-bond donors (Lipinski definition) is 1. The average Bonchev–Trinajstić information content (AvgIpc) is 2.42. The molecular weight excluding hydrogens is 200 g/mol. The van der Waals surface area contributed by atoms with E-state index in [1.165, 1.54) is 0 Å². The summed E-state index contributed by atoms with van der Waals surface area (Å²) in [6, 6.07) is 0.413. The van der Waals surface area contributed by atoms with Gasteiger partial charge in [-0.25, -0.2) is 4.98 Å². The molecule has 0 aliphatic rings. The van der Waals surface area contributed by atoms with Crippen molar-refractivity contribution >= 4 is 5.95 Å².